The average Bonchev–Trinajstić information content (AvgIpc) is 2.39. The third-order valence-corrected chi connectivity index (χ3v) is 2.72. The number of rotatable bonds is 2. The van der Waals surface area contributed by atoms with E-state index >= 15 is 0 Å². The number of ether oxygens (including phenoxy) is 1. The topological polar surface area (TPSA) is 73.6 Å². The summed E-state index contributed by atoms with van der Waals surface area (Å²) in [5.74, 6) is -1.02. The predicted octanol–water partition coefficient (Wildman–Crippen LogP) is 1.09. The average molecular weight is 232 g/mol. The predicted molar refractivity (Wildman–Crippen MR) is 61.1 cm³/mol. The molecule has 0 unspecified atom stereocenters. The molecule has 1 aliphatic rings. The zero-order chi connectivity index (χ0) is 12.3. The van der Waals surface area contributed by atoms with Gasteiger partial charge in [-0.2, -0.15) is 5.26 Å². The second-order valence-electron chi connectivity index (χ2n) is 3.75. The van der Waals surface area contributed by atoms with Gasteiger partial charge in [0.25, 0.3) is 0 Å². The van der Waals surface area contributed by atoms with Gasteiger partial charge in [-0.05, 0) is 18.2 Å². The Balaban J connectivity index is 2.34. The van der Waals surface area contributed by atoms with Crippen molar-refractivity contribution in [3.63, 3.8) is 0 Å². The van der Waals surface area contributed by atoms with Crippen LogP contribution in [0.15, 0.2) is 18.2 Å². The van der Waals surface area contributed by atoms with E-state index in [2.05, 4.69) is 0 Å². The highest BCUT2D eigenvalue weighted by molar-refractivity contribution is 5.89. The van der Waals surface area contributed by atoms with Crippen LogP contribution in [0.25, 0.3) is 0 Å². The molecule has 1 aromatic carbocycles. The van der Waals surface area contributed by atoms with Crippen LogP contribution in [-0.4, -0.2) is 37.4 Å². The van der Waals surface area contributed by atoms with E-state index in [1.807, 2.05) is 11.0 Å². The third kappa shape index (κ3) is 2.37. The number of anilines is 1. The molecule has 0 spiro atoms. The highest BCUT2D eigenvalue weighted by Crippen LogP contribution is 2.22. The molecule has 0 saturated carbocycles. The minimum absolute atomic E-state index is 0.138. The molecular formula is C12H12N2O3. The lowest BCUT2D eigenvalue weighted by Gasteiger charge is -2.29. The molecule has 1 N–H and O–H groups in total. The first-order valence-electron chi connectivity index (χ1n) is 5.32. The van der Waals surface area contributed by atoms with Crippen molar-refractivity contribution in [2.45, 2.75) is 0 Å². The molecule has 1 aliphatic heterocycles. The number of carbonyl (C=O) groups is 1. The van der Waals surface area contributed by atoms with E-state index in [4.69, 9.17) is 15.1 Å². The van der Waals surface area contributed by atoms with E-state index in [9.17, 15) is 4.79 Å². The van der Waals surface area contributed by atoms with Gasteiger partial charge in [-0.1, -0.05) is 0 Å². The van der Waals surface area contributed by atoms with Crippen molar-refractivity contribution in [3.8, 4) is 6.07 Å². The molecule has 1 aromatic rings. The van der Waals surface area contributed by atoms with Gasteiger partial charge in [0.15, 0.2) is 0 Å². The molecule has 2 rings (SSSR count). The van der Waals surface area contributed by atoms with Crippen LogP contribution in [0.2, 0.25) is 0 Å². The van der Waals surface area contributed by atoms with Crippen molar-refractivity contribution >= 4 is 11.7 Å². The first-order chi connectivity index (χ1) is 8.22. The molecule has 0 aliphatic carbocycles. The van der Waals surface area contributed by atoms with Crippen molar-refractivity contribution in [1.82, 2.24) is 0 Å². The summed E-state index contributed by atoms with van der Waals surface area (Å²) in [6.07, 6.45) is 0. The van der Waals surface area contributed by atoms with Crippen molar-refractivity contribution in [2.24, 2.45) is 0 Å². The third-order valence-electron chi connectivity index (χ3n) is 2.72. The lowest BCUT2D eigenvalue weighted by atomic mass is 10.1. The second-order valence-corrected chi connectivity index (χ2v) is 3.75. The summed E-state index contributed by atoms with van der Waals surface area (Å²) in [7, 11) is 0. The van der Waals surface area contributed by atoms with Crippen molar-refractivity contribution in [2.75, 3.05) is 31.2 Å². The van der Waals surface area contributed by atoms with E-state index in [-0.39, 0.29) is 5.56 Å². The number of nitrogens with zero attached hydrogens (tertiary/aromatic N) is 2. The van der Waals surface area contributed by atoms with Crippen LogP contribution in [0.4, 0.5) is 5.69 Å². The van der Waals surface area contributed by atoms with Crippen LogP contribution in [0, 0.1) is 11.3 Å². The van der Waals surface area contributed by atoms with Crippen LogP contribution in [0.5, 0.6) is 0 Å². The highest BCUT2D eigenvalue weighted by Gasteiger charge is 2.16. The first-order valence-corrected chi connectivity index (χ1v) is 5.32. The molecule has 0 amide bonds. The summed E-state index contributed by atoms with van der Waals surface area (Å²) in [4.78, 5) is 12.8. The Morgan fingerprint density at radius 2 is 2.12 bits per heavy atom. The molecule has 1 heterocycles. The van der Waals surface area contributed by atoms with Gasteiger partial charge in [0.2, 0.25) is 0 Å². The number of morpholine rings is 1. The van der Waals surface area contributed by atoms with Gasteiger partial charge in [0, 0.05) is 13.1 Å². The van der Waals surface area contributed by atoms with Crippen LogP contribution < -0.4 is 4.90 Å². The van der Waals surface area contributed by atoms with Gasteiger partial charge in [-0.15, -0.1) is 0 Å². The van der Waals surface area contributed by atoms with Gasteiger partial charge in [-0.3, -0.25) is 0 Å². The van der Waals surface area contributed by atoms with Crippen LogP contribution >= 0.6 is 0 Å². The zero-order valence-electron chi connectivity index (χ0n) is 9.22. The standard InChI is InChI=1S/C12H12N2O3/c13-8-10-7-9(12(15)16)1-2-11(10)14-3-5-17-6-4-14/h1-2,7H,3-6H2,(H,15,16). The molecule has 5 heteroatoms. The van der Waals surface area contributed by atoms with E-state index in [1.165, 1.54) is 12.1 Å². The Hall–Kier alpha value is -2.06. The summed E-state index contributed by atoms with van der Waals surface area (Å²) in [5.41, 5.74) is 1.31. The number of benzene rings is 1. The van der Waals surface area contributed by atoms with Gasteiger partial charge < -0.3 is 14.7 Å². The Kier molecular flexibility index (Phi) is 3.26. The Morgan fingerprint density at radius 3 is 2.71 bits per heavy atom. The molecule has 17 heavy (non-hydrogen) atoms. The van der Waals surface area contributed by atoms with E-state index < -0.39 is 5.97 Å². The minimum atomic E-state index is -1.02. The smallest absolute Gasteiger partial charge is 0.335 e. The maximum absolute atomic E-state index is 10.8. The quantitative estimate of drug-likeness (QED) is 0.826. The number of carboxylic acids is 1. The van der Waals surface area contributed by atoms with Crippen molar-refractivity contribution < 1.29 is 14.6 Å². The molecule has 0 atom stereocenters. The summed E-state index contributed by atoms with van der Waals surface area (Å²) >= 11 is 0. The number of hydrogen-bond acceptors (Lipinski definition) is 4. The number of nitriles is 1. The second kappa shape index (κ2) is 4.85. The minimum Gasteiger partial charge on any atom is -0.478 e. The Morgan fingerprint density at radius 1 is 1.41 bits per heavy atom. The maximum Gasteiger partial charge on any atom is 0.335 e. The molecular weight excluding hydrogens is 220 g/mol. The SMILES string of the molecule is N#Cc1cc(C(=O)O)ccc1N1CCOCC1. The van der Waals surface area contributed by atoms with E-state index in [0.717, 1.165) is 18.8 Å². The van der Waals surface area contributed by atoms with Gasteiger partial charge >= 0.3 is 5.97 Å². The fraction of sp³-hybridized carbons (Fsp3) is 0.333. The lowest BCUT2D eigenvalue weighted by molar-refractivity contribution is 0.0697. The molecule has 1 saturated heterocycles. The molecule has 0 aromatic heterocycles. The number of carboxylic acid groups (broad SMARTS) is 1. The molecule has 5 nitrogen and oxygen atoms in total. The fourth-order valence-corrected chi connectivity index (χ4v) is 1.84. The number of hydrogen-bond donors (Lipinski definition) is 1. The van der Waals surface area contributed by atoms with Gasteiger partial charge in [0.05, 0.1) is 30.0 Å². The summed E-state index contributed by atoms with van der Waals surface area (Å²) in [5, 5.41) is 17.9. The van der Waals surface area contributed by atoms with Gasteiger partial charge in [-0.25, -0.2) is 4.79 Å². The van der Waals surface area contributed by atoms with E-state index in [1.54, 1.807) is 6.07 Å². The summed E-state index contributed by atoms with van der Waals surface area (Å²) in [6.45, 7) is 2.71. The lowest BCUT2D eigenvalue weighted by Crippen LogP contribution is -2.36. The van der Waals surface area contributed by atoms with Crippen molar-refractivity contribution in [3.05, 3.63) is 29.3 Å². The Bertz CT molecular complexity index is 473. The van der Waals surface area contributed by atoms with Crippen LogP contribution in [-0.2, 0) is 4.74 Å². The number of aromatic carboxylic acids is 1. The molecule has 0 bridgehead atoms. The fourth-order valence-electron chi connectivity index (χ4n) is 1.84. The van der Waals surface area contributed by atoms with Crippen LogP contribution in [0.3, 0.4) is 0 Å². The summed E-state index contributed by atoms with van der Waals surface area (Å²) in [6, 6.07) is 6.66. The molecule has 88 valence electrons. The maximum atomic E-state index is 10.8. The summed E-state index contributed by atoms with van der Waals surface area (Å²) < 4.78 is 5.24. The first kappa shape index (κ1) is 11.4. The largest absolute Gasteiger partial charge is 0.478 e. The van der Waals surface area contributed by atoms with E-state index in [0.29, 0.717) is 18.8 Å². The normalized spacial score (nSPS) is 15.4. The molecule has 1 fully saturated rings. The Labute approximate surface area is 98.8 Å². The monoisotopic (exact) mass is 232 g/mol. The molecule has 0 radical (unpaired) electrons. The van der Waals surface area contributed by atoms with Crippen LogP contribution in [0.1, 0.15) is 15.9 Å². The highest BCUT2D eigenvalue weighted by atomic mass is 16.5. The van der Waals surface area contributed by atoms with Gasteiger partial charge in [0.1, 0.15) is 6.07 Å². The van der Waals surface area contributed by atoms with Crippen molar-refractivity contribution in [1.29, 1.82) is 5.26 Å². The zero-order valence-corrected chi connectivity index (χ0v) is 9.22.